The quantitative estimate of drug-likeness (QED) is 0.922. The standard InChI is InChI=1S/C15H23N3O2S/c19-15(16-10-13-3-9-21-12-13)18-4-1-2-14(18)11-17-5-7-20-8-6-17/h3,9,12,14H,1-2,4-8,10-11H2,(H,16,19). The lowest BCUT2D eigenvalue weighted by Gasteiger charge is -2.32. The van der Waals surface area contributed by atoms with Crippen molar-refractivity contribution in [2.45, 2.75) is 25.4 Å². The summed E-state index contributed by atoms with van der Waals surface area (Å²) in [6.07, 6.45) is 2.23. The maximum Gasteiger partial charge on any atom is 0.317 e. The number of thiophene rings is 1. The molecular formula is C15H23N3O2S. The molecule has 2 aliphatic rings. The molecular weight excluding hydrogens is 286 g/mol. The van der Waals surface area contributed by atoms with Gasteiger partial charge in [0, 0.05) is 38.8 Å². The minimum atomic E-state index is 0.0805. The van der Waals surface area contributed by atoms with Crippen LogP contribution in [0.5, 0.6) is 0 Å². The molecule has 2 amide bonds. The Hall–Kier alpha value is -1.11. The number of carbonyl (C=O) groups is 1. The second-order valence-corrected chi connectivity index (χ2v) is 6.47. The Morgan fingerprint density at radius 1 is 1.38 bits per heavy atom. The molecule has 6 heteroatoms. The van der Waals surface area contributed by atoms with Crippen molar-refractivity contribution in [2.75, 3.05) is 39.4 Å². The van der Waals surface area contributed by atoms with Crippen LogP contribution < -0.4 is 5.32 Å². The number of hydrogen-bond acceptors (Lipinski definition) is 4. The van der Waals surface area contributed by atoms with Gasteiger partial charge in [-0.1, -0.05) is 0 Å². The fourth-order valence-corrected chi connectivity index (χ4v) is 3.72. The predicted octanol–water partition coefficient (Wildman–Crippen LogP) is 1.75. The fourth-order valence-electron chi connectivity index (χ4n) is 3.05. The van der Waals surface area contributed by atoms with Crippen LogP contribution in [0.15, 0.2) is 16.8 Å². The second kappa shape index (κ2) is 7.24. The first kappa shape index (κ1) is 14.8. The van der Waals surface area contributed by atoms with Crippen LogP contribution in [0.3, 0.4) is 0 Å². The molecule has 21 heavy (non-hydrogen) atoms. The van der Waals surface area contributed by atoms with Gasteiger partial charge in [-0.3, -0.25) is 4.90 Å². The number of amides is 2. The molecule has 1 aromatic rings. The molecule has 0 aliphatic carbocycles. The van der Waals surface area contributed by atoms with E-state index in [0.29, 0.717) is 12.6 Å². The van der Waals surface area contributed by atoms with Crippen molar-refractivity contribution in [3.05, 3.63) is 22.4 Å². The summed E-state index contributed by atoms with van der Waals surface area (Å²) in [5.41, 5.74) is 1.18. The van der Waals surface area contributed by atoms with Crippen molar-refractivity contribution in [3.63, 3.8) is 0 Å². The summed E-state index contributed by atoms with van der Waals surface area (Å²) in [6.45, 7) is 6.10. The lowest BCUT2D eigenvalue weighted by atomic mass is 10.2. The zero-order chi connectivity index (χ0) is 14.5. The van der Waals surface area contributed by atoms with Crippen molar-refractivity contribution >= 4 is 17.4 Å². The lowest BCUT2D eigenvalue weighted by molar-refractivity contribution is 0.0292. The normalized spacial score (nSPS) is 23.4. The highest BCUT2D eigenvalue weighted by molar-refractivity contribution is 7.07. The number of carbonyl (C=O) groups excluding carboxylic acids is 1. The molecule has 5 nitrogen and oxygen atoms in total. The fraction of sp³-hybridized carbons (Fsp3) is 0.667. The monoisotopic (exact) mass is 309 g/mol. The van der Waals surface area contributed by atoms with E-state index in [-0.39, 0.29) is 6.03 Å². The third-order valence-corrected chi connectivity index (χ3v) is 4.97. The summed E-state index contributed by atoms with van der Waals surface area (Å²) in [5, 5.41) is 7.16. The Balaban J connectivity index is 1.49. The van der Waals surface area contributed by atoms with E-state index in [2.05, 4.69) is 21.7 Å². The van der Waals surface area contributed by atoms with E-state index in [1.165, 1.54) is 5.56 Å². The third kappa shape index (κ3) is 3.96. The molecule has 0 spiro atoms. The first-order valence-corrected chi connectivity index (χ1v) is 8.63. The van der Waals surface area contributed by atoms with Crippen molar-refractivity contribution in [1.29, 1.82) is 0 Å². The number of rotatable bonds is 4. The Morgan fingerprint density at radius 3 is 3.00 bits per heavy atom. The molecule has 2 aliphatic heterocycles. The maximum absolute atomic E-state index is 12.4. The van der Waals surface area contributed by atoms with E-state index in [0.717, 1.165) is 52.2 Å². The van der Waals surface area contributed by atoms with Gasteiger partial charge in [0.2, 0.25) is 0 Å². The van der Waals surface area contributed by atoms with Gasteiger partial charge in [0.1, 0.15) is 0 Å². The molecule has 3 heterocycles. The molecule has 1 atom stereocenters. The zero-order valence-electron chi connectivity index (χ0n) is 12.3. The molecule has 3 rings (SSSR count). The third-order valence-electron chi connectivity index (χ3n) is 4.23. The Morgan fingerprint density at radius 2 is 2.24 bits per heavy atom. The van der Waals surface area contributed by atoms with Crippen molar-refractivity contribution in [3.8, 4) is 0 Å². The summed E-state index contributed by atoms with van der Waals surface area (Å²) in [7, 11) is 0. The van der Waals surface area contributed by atoms with Crippen molar-refractivity contribution < 1.29 is 9.53 Å². The topological polar surface area (TPSA) is 44.8 Å². The first-order chi connectivity index (χ1) is 10.3. The summed E-state index contributed by atoms with van der Waals surface area (Å²) in [4.78, 5) is 16.8. The van der Waals surface area contributed by atoms with Crippen LogP contribution >= 0.6 is 11.3 Å². The molecule has 2 fully saturated rings. The smallest absolute Gasteiger partial charge is 0.317 e. The summed E-state index contributed by atoms with van der Waals surface area (Å²) >= 11 is 1.66. The molecule has 0 aromatic carbocycles. The summed E-state index contributed by atoms with van der Waals surface area (Å²) in [6, 6.07) is 2.49. The van der Waals surface area contributed by atoms with Crippen LogP contribution in [0.1, 0.15) is 18.4 Å². The Labute approximate surface area is 129 Å². The lowest BCUT2D eigenvalue weighted by Crippen LogP contribution is -2.49. The minimum absolute atomic E-state index is 0.0805. The minimum Gasteiger partial charge on any atom is -0.379 e. The van der Waals surface area contributed by atoms with Crippen LogP contribution in [0, 0.1) is 0 Å². The molecule has 116 valence electrons. The summed E-state index contributed by atoms with van der Waals surface area (Å²) < 4.78 is 5.38. The average molecular weight is 309 g/mol. The number of nitrogens with zero attached hydrogens (tertiary/aromatic N) is 2. The first-order valence-electron chi connectivity index (χ1n) is 7.68. The van der Waals surface area contributed by atoms with Crippen molar-refractivity contribution in [2.24, 2.45) is 0 Å². The highest BCUT2D eigenvalue weighted by Gasteiger charge is 2.30. The molecule has 2 saturated heterocycles. The van der Waals surface area contributed by atoms with Crippen LogP contribution in [0.2, 0.25) is 0 Å². The number of nitrogens with one attached hydrogen (secondary N) is 1. The number of hydrogen-bond donors (Lipinski definition) is 1. The van der Waals surface area contributed by atoms with Crippen LogP contribution in [0.4, 0.5) is 4.79 Å². The van der Waals surface area contributed by atoms with Gasteiger partial charge in [-0.2, -0.15) is 11.3 Å². The average Bonchev–Trinajstić information content (AvgIpc) is 3.17. The van der Waals surface area contributed by atoms with E-state index < -0.39 is 0 Å². The molecule has 1 aromatic heterocycles. The van der Waals surface area contributed by atoms with E-state index in [1.807, 2.05) is 10.3 Å². The van der Waals surface area contributed by atoms with Gasteiger partial charge in [0.15, 0.2) is 0 Å². The van der Waals surface area contributed by atoms with Gasteiger partial charge in [0.05, 0.1) is 13.2 Å². The molecule has 1 unspecified atom stereocenters. The van der Waals surface area contributed by atoms with Gasteiger partial charge < -0.3 is 15.0 Å². The van der Waals surface area contributed by atoms with Gasteiger partial charge in [-0.25, -0.2) is 4.79 Å². The molecule has 0 radical (unpaired) electrons. The predicted molar refractivity (Wildman–Crippen MR) is 83.5 cm³/mol. The van der Waals surface area contributed by atoms with Gasteiger partial charge in [-0.15, -0.1) is 0 Å². The van der Waals surface area contributed by atoms with Crippen molar-refractivity contribution in [1.82, 2.24) is 15.1 Å². The van der Waals surface area contributed by atoms with E-state index in [1.54, 1.807) is 11.3 Å². The molecule has 0 bridgehead atoms. The Bertz CT molecular complexity index is 446. The Kier molecular flexibility index (Phi) is 5.11. The van der Waals surface area contributed by atoms with E-state index >= 15 is 0 Å². The zero-order valence-corrected chi connectivity index (χ0v) is 13.1. The number of urea groups is 1. The summed E-state index contributed by atoms with van der Waals surface area (Å²) in [5.74, 6) is 0. The van der Waals surface area contributed by atoms with Gasteiger partial charge >= 0.3 is 6.03 Å². The second-order valence-electron chi connectivity index (χ2n) is 5.69. The highest BCUT2D eigenvalue weighted by Crippen LogP contribution is 2.19. The molecule has 0 saturated carbocycles. The largest absolute Gasteiger partial charge is 0.379 e. The van der Waals surface area contributed by atoms with E-state index in [4.69, 9.17) is 4.74 Å². The highest BCUT2D eigenvalue weighted by atomic mass is 32.1. The SMILES string of the molecule is O=C(NCc1ccsc1)N1CCCC1CN1CCOCC1. The van der Waals surface area contributed by atoms with Crippen LogP contribution in [0.25, 0.3) is 0 Å². The van der Waals surface area contributed by atoms with Crippen LogP contribution in [-0.4, -0.2) is 61.3 Å². The number of likely N-dealkylation sites (tertiary alicyclic amines) is 1. The van der Waals surface area contributed by atoms with Gasteiger partial charge in [0.25, 0.3) is 0 Å². The molecule has 1 N–H and O–H groups in total. The van der Waals surface area contributed by atoms with Gasteiger partial charge in [-0.05, 0) is 35.2 Å². The number of morpholine rings is 1. The van der Waals surface area contributed by atoms with E-state index in [9.17, 15) is 4.79 Å². The maximum atomic E-state index is 12.4. The van der Waals surface area contributed by atoms with Crippen LogP contribution in [-0.2, 0) is 11.3 Å². The number of ether oxygens (including phenoxy) is 1.